The van der Waals surface area contributed by atoms with Gasteiger partial charge in [-0.3, -0.25) is 10.1 Å². The van der Waals surface area contributed by atoms with E-state index in [4.69, 9.17) is 0 Å². The number of nitro groups is 1. The molecule has 1 aromatic rings. The minimum atomic E-state index is -0.389. The van der Waals surface area contributed by atoms with Gasteiger partial charge in [0.05, 0.1) is 4.92 Å². The number of hydrogen-bond donors (Lipinski definition) is 1. The first-order valence-corrected chi connectivity index (χ1v) is 7.69. The van der Waals surface area contributed by atoms with Crippen molar-refractivity contribution in [3.63, 3.8) is 0 Å². The van der Waals surface area contributed by atoms with Gasteiger partial charge < -0.3 is 10.2 Å². The van der Waals surface area contributed by atoms with Crippen LogP contribution in [-0.4, -0.2) is 34.0 Å². The van der Waals surface area contributed by atoms with Crippen molar-refractivity contribution in [1.29, 1.82) is 0 Å². The van der Waals surface area contributed by atoms with E-state index in [1.165, 1.54) is 12.6 Å². The molecule has 1 atom stereocenters. The van der Waals surface area contributed by atoms with Crippen molar-refractivity contribution in [3.05, 3.63) is 16.3 Å². The summed E-state index contributed by atoms with van der Waals surface area (Å²) in [7, 11) is 0. The zero-order valence-corrected chi connectivity index (χ0v) is 12.7. The summed E-state index contributed by atoms with van der Waals surface area (Å²) in [5, 5.41) is 14.4. The van der Waals surface area contributed by atoms with Crippen molar-refractivity contribution in [3.8, 4) is 0 Å². The van der Waals surface area contributed by atoms with Crippen LogP contribution in [0.1, 0.15) is 46.0 Å². The minimum Gasteiger partial charge on any atom is -0.354 e. The quantitative estimate of drug-likeness (QED) is 0.641. The molecule has 0 saturated carbocycles. The standard InChI is InChI=1S/C14H23N5O2/c1-3-8-15-14-16-10-12(19(20)21)13(17-14)18-9-6-5-7-11(18)4-2/h10-11H,3-9H2,1-2H3,(H,15,16,17). The van der Waals surface area contributed by atoms with Gasteiger partial charge in [-0.2, -0.15) is 4.98 Å². The summed E-state index contributed by atoms with van der Waals surface area (Å²) in [6, 6.07) is 0.325. The molecule has 0 bridgehead atoms. The molecule has 1 saturated heterocycles. The normalized spacial score (nSPS) is 18.6. The summed E-state index contributed by atoms with van der Waals surface area (Å²) in [4.78, 5) is 21.4. The Bertz CT molecular complexity index is 494. The third-order valence-electron chi connectivity index (χ3n) is 3.85. The van der Waals surface area contributed by atoms with Crippen molar-refractivity contribution in [2.24, 2.45) is 0 Å². The van der Waals surface area contributed by atoms with Gasteiger partial charge in [0.15, 0.2) is 0 Å². The van der Waals surface area contributed by atoms with Crippen molar-refractivity contribution in [1.82, 2.24) is 9.97 Å². The smallest absolute Gasteiger partial charge is 0.329 e. The van der Waals surface area contributed by atoms with Gasteiger partial charge >= 0.3 is 5.69 Å². The van der Waals surface area contributed by atoms with E-state index in [0.29, 0.717) is 17.8 Å². The number of aromatic nitrogens is 2. The summed E-state index contributed by atoms with van der Waals surface area (Å²) >= 11 is 0. The summed E-state index contributed by atoms with van der Waals surface area (Å²) in [6.45, 7) is 5.75. The molecule has 1 unspecified atom stereocenters. The highest BCUT2D eigenvalue weighted by Gasteiger charge is 2.29. The van der Waals surface area contributed by atoms with Gasteiger partial charge in [0, 0.05) is 19.1 Å². The zero-order valence-electron chi connectivity index (χ0n) is 12.7. The zero-order chi connectivity index (χ0) is 15.2. The molecule has 7 nitrogen and oxygen atoms in total. The second-order valence-electron chi connectivity index (χ2n) is 5.34. The fourth-order valence-electron chi connectivity index (χ4n) is 2.73. The van der Waals surface area contributed by atoms with Gasteiger partial charge in [0.1, 0.15) is 6.20 Å². The Morgan fingerprint density at radius 1 is 1.48 bits per heavy atom. The highest BCUT2D eigenvalue weighted by molar-refractivity contribution is 5.59. The van der Waals surface area contributed by atoms with Gasteiger partial charge in [0.25, 0.3) is 0 Å². The Labute approximate surface area is 124 Å². The summed E-state index contributed by atoms with van der Waals surface area (Å²) in [5.41, 5.74) is -0.00241. The average Bonchev–Trinajstić information content (AvgIpc) is 2.52. The molecule has 1 aliphatic heterocycles. The van der Waals surface area contributed by atoms with E-state index < -0.39 is 0 Å². The van der Waals surface area contributed by atoms with Gasteiger partial charge in [-0.1, -0.05) is 13.8 Å². The fraction of sp³-hybridized carbons (Fsp3) is 0.714. The fourth-order valence-corrected chi connectivity index (χ4v) is 2.73. The van der Waals surface area contributed by atoms with Crippen LogP contribution in [-0.2, 0) is 0 Å². The van der Waals surface area contributed by atoms with E-state index in [2.05, 4.69) is 34.0 Å². The van der Waals surface area contributed by atoms with Crippen molar-refractivity contribution < 1.29 is 4.92 Å². The molecule has 116 valence electrons. The Morgan fingerprint density at radius 3 is 2.95 bits per heavy atom. The SMILES string of the molecule is CCCNc1ncc([N+](=O)[O-])c(N2CCCCC2CC)n1. The first-order chi connectivity index (χ1) is 10.2. The monoisotopic (exact) mass is 293 g/mol. The van der Waals surface area contributed by atoms with Gasteiger partial charge in [0.2, 0.25) is 11.8 Å². The first kappa shape index (κ1) is 15.5. The predicted octanol–water partition coefficient (Wildman–Crippen LogP) is 2.98. The second kappa shape index (κ2) is 7.19. The Morgan fingerprint density at radius 2 is 2.29 bits per heavy atom. The molecule has 0 aromatic carbocycles. The molecule has 0 spiro atoms. The summed E-state index contributed by atoms with van der Waals surface area (Å²) < 4.78 is 0. The molecule has 21 heavy (non-hydrogen) atoms. The molecule has 2 rings (SSSR count). The van der Waals surface area contributed by atoms with Crippen LogP contribution in [0.15, 0.2) is 6.20 Å². The van der Waals surface area contributed by atoms with E-state index in [1.807, 2.05) is 0 Å². The lowest BCUT2D eigenvalue weighted by atomic mass is 10.00. The highest BCUT2D eigenvalue weighted by atomic mass is 16.6. The first-order valence-electron chi connectivity index (χ1n) is 7.69. The van der Waals surface area contributed by atoms with Crippen LogP contribution in [0.4, 0.5) is 17.5 Å². The van der Waals surface area contributed by atoms with E-state index in [-0.39, 0.29) is 10.6 Å². The number of piperidine rings is 1. The van der Waals surface area contributed by atoms with Crippen LogP contribution < -0.4 is 10.2 Å². The summed E-state index contributed by atoms with van der Waals surface area (Å²) in [6.07, 6.45) is 6.54. The maximum atomic E-state index is 11.3. The van der Waals surface area contributed by atoms with E-state index in [0.717, 1.165) is 38.8 Å². The van der Waals surface area contributed by atoms with Crippen molar-refractivity contribution in [2.75, 3.05) is 23.3 Å². The number of rotatable bonds is 6. The second-order valence-corrected chi connectivity index (χ2v) is 5.34. The molecule has 1 aromatic heterocycles. The van der Waals surface area contributed by atoms with Crippen LogP contribution in [0.3, 0.4) is 0 Å². The van der Waals surface area contributed by atoms with Gasteiger partial charge in [-0.25, -0.2) is 4.98 Å². The third-order valence-corrected chi connectivity index (χ3v) is 3.85. The Kier molecular flexibility index (Phi) is 5.30. The molecule has 7 heteroatoms. The van der Waals surface area contributed by atoms with Crippen LogP contribution in [0.2, 0.25) is 0 Å². The lowest BCUT2D eigenvalue weighted by molar-refractivity contribution is -0.384. The van der Waals surface area contributed by atoms with E-state index in [1.54, 1.807) is 0 Å². The molecule has 1 aliphatic rings. The molecular weight excluding hydrogens is 270 g/mol. The topological polar surface area (TPSA) is 84.2 Å². The number of nitrogens with zero attached hydrogens (tertiary/aromatic N) is 4. The molecule has 0 aliphatic carbocycles. The van der Waals surface area contributed by atoms with Crippen LogP contribution in [0, 0.1) is 10.1 Å². The molecule has 2 heterocycles. The van der Waals surface area contributed by atoms with Gasteiger partial charge in [-0.05, 0) is 32.1 Å². The Balaban J connectivity index is 2.34. The van der Waals surface area contributed by atoms with E-state index in [9.17, 15) is 10.1 Å². The number of anilines is 2. The van der Waals surface area contributed by atoms with Crippen LogP contribution >= 0.6 is 0 Å². The van der Waals surface area contributed by atoms with Crippen LogP contribution in [0.25, 0.3) is 0 Å². The Hall–Kier alpha value is -1.92. The van der Waals surface area contributed by atoms with Gasteiger partial charge in [-0.15, -0.1) is 0 Å². The molecule has 1 N–H and O–H groups in total. The lowest BCUT2D eigenvalue weighted by Gasteiger charge is -2.35. The predicted molar refractivity (Wildman–Crippen MR) is 82.7 cm³/mol. The van der Waals surface area contributed by atoms with E-state index >= 15 is 0 Å². The molecular formula is C14H23N5O2. The molecule has 0 radical (unpaired) electrons. The van der Waals surface area contributed by atoms with Crippen LogP contribution in [0.5, 0.6) is 0 Å². The largest absolute Gasteiger partial charge is 0.354 e. The number of hydrogen-bond acceptors (Lipinski definition) is 6. The van der Waals surface area contributed by atoms with Crippen molar-refractivity contribution >= 4 is 17.5 Å². The summed E-state index contributed by atoms with van der Waals surface area (Å²) in [5.74, 6) is 0.929. The highest BCUT2D eigenvalue weighted by Crippen LogP contribution is 2.32. The van der Waals surface area contributed by atoms with Crippen molar-refractivity contribution in [2.45, 2.75) is 52.0 Å². The molecule has 1 fully saturated rings. The third kappa shape index (κ3) is 3.59. The maximum absolute atomic E-state index is 11.3. The number of nitrogens with one attached hydrogen (secondary N) is 1. The average molecular weight is 293 g/mol. The maximum Gasteiger partial charge on any atom is 0.329 e. The molecule has 0 amide bonds. The minimum absolute atomic E-state index is 0.00241. The lowest BCUT2D eigenvalue weighted by Crippen LogP contribution is -2.40.